The lowest BCUT2D eigenvalue weighted by molar-refractivity contribution is 0.161. The molecular weight excluding hydrogens is 182 g/mol. The highest BCUT2D eigenvalue weighted by atomic mass is 15.2. The summed E-state index contributed by atoms with van der Waals surface area (Å²) in [6.07, 6.45) is 8.29. The summed E-state index contributed by atoms with van der Waals surface area (Å²) in [4.78, 5) is 2.77. The van der Waals surface area contributed by atoms with Crippen LogP contribution in [0.2, 0.25) is 0 Å². The van der Waals surface area contributed by atoms with Crippen LogP contribution in [0.15, 0.2) is 0 Å². The summed E-state index contributed by atoms with van der Waals surface area (Å²) in [5.74, 6) is 0. The molecule has 1 nitrogen and oxygen atoms in total. The lowest BCUT2D eigenvalue weighted by atomic mass is 10.1. The van der Waals surface area contributed by atoms with Crippen LogP contribution in [-0.4, -0.2) is 23.5 Å². The summed E-state index contributed by atoms with van der Waals surface area (Å²) in [7, 11) is 0. The van der Waals surface area contributed by atoms with Crippen molar-refractivity contribution in [3.63, 3.8) is 0 Å². The van der Waals surface area contributed by atoms with Crippen LogP contribution in [0.3, 0.4) is 0 Å². The molecule has 1 heteroatoms. The number of nitrogens with zero attached hydrogens (tertiary/aromatic N) is 1. The van der Waals surface area contributed by atoms with E-state index in [1.54, 1.807) is 0 Å². The molecule has 0 N–H and O–H groups in total. The molecule has 2 atom stereocenters. The highest BCUT2D eigenvalue weighted by molar-refractivity contribution is 4.83. The van der Waals surface area contributed by atoms with Gasteiger partial charge in [0, 0.05) is 12.1 Å². The third-order valence-corrected chi connectivity index (χ3v) is 3.46. The first-order valence-corrected chi connectivity index (χ1v) is 7.09. The molecule has 1 aliphatic rings. The predicted molar refractivity (Wildman–Crippen MR) is 70.4 cm³/mol. The Kier molecular flexibility index (Phi) is 9.18. The van der Waals surface area contributed by atoms with Crippen molar-refractivity contribution in [3.8, 4) is 0 Å². The van der Waals surface area contributed by atoms with E-state index in [0.717, 1.165) is 12.1 Å². The van der Waals surface area contributed by atoms with E-state index in [1.165, 1.54) is 45.1 Å². The molecule has 1 saturated heterocycles. The maximum Gasteiger partial charge on any atom is 0.00960 e. The van der Waals surface area contributed by atoms with E-state index in [-0.39, 0.29) is 0 Å². The Bertz CT molecular complexity index is 133. The quantitative estimate of drug-likeness (QED) is 0.651. The molecule has 1 rings (SSSR count). The molecule has 0 saturated carbocycles. The zero-order chi connectivity index (χ0) is 11.7. The van der Waals surface area contributed by atoms with Gasteiger partial charge in [0.1, 0.15) is 0 Å². The molecule has 0 amide bonds. The Hall–Kier alpha value is -0.0400. The van der Waals surface area contributed by atoms with Crippen LogP contribution in [0, 0.1) is 0 Å². The molecule has 0 bridgehead atoms. The van der Waals surface area contributed by atoms with Gasteiger partial charge in [0.25, 0.3) is 0 Å². The summed E-state index contributed by atoms with van der Waals surface area (Å²) in [6, 6.07) is 1.77. The third-order valence-electron chi connectivity index (χ3n) is 3.46. The van der Waals surface area contributed by atoms with Crippen molar-refractivity contribution in [1.82, 2.24) is 4.90 Å². The molecule has 0 aromatic rings. The van der Waals surface area contributed by atoms with E-state index in [0.29, 0.717) is 0 Å². The summed E-state index contributed by atoms with van der Waals surface area (Å²) < 4.78 is 0. The van der Waals surface area contributed by atoms with Gasteiger partial charge in [-0.05, 0) is 38.6 Å². The molecule has 92 valence electrons. The Morgan fingerprint density at radius 1 is 1.20 bits per heavy atom. The van der Waals surface area contributed by atoms with E-state index < -0.39 is 0 Å². The van der Waals surface area contributed by atoms with E-state index in [2.05, 4.69) is 25.7 Å². The van der Waals surface area contributed by atoms with Crippen molar-refractivity contribution in [1.29, 1.82) is 0 Å². The van der Waals surface area contributed by atoms with Gasteiger partial charge in [-0.25, -0.2) is 0 Å². The number of likely N-dealkylation sites (tertiary alicyclic amines) is 1. The van der Waals surface area contributed by atoms with Crippen molar-refractivity contribution in [2.45, 2.75) is 85.2 Å². The van der Waals surface area contributed by atoms with Gasteiger partial charge in [-0.3, -0.25) is 4.90 Å². The molecule has 2 unspecified atom stereocenters. The van der Waals surface area contributed by atoms with Crippen molar-refractivity contribution in [2.24, 2.45) is 0 Å². The molecule has 0 radical (unpaired) electrons. The second-order valence-electron chi connectivity index (χ2n) is 4.29. The molecule has 1 heterocycles. The zero-order valence-electron chi connectivity index (χ0n) is 11.6. The number of hydrogen-bond donors (Lipinski definition) is 0. The van der Waals surface area contributed by atoms with Gasteiger partial charge < -0.3 is 0 Å². The normalized spacial score (nSPS) is 23.4. The number of hydrogen-bond acceptors (Lipinski definition) is 1. The summed E-state index contributed by atoms with van der Waals surface area (Å²) in [5.41, 5.74) is 0. The third kappa shape index (κ3) is 4.55. The SMILES string of the molecule is CC.CCCC(CC)N1CCCC1CC. The van der Waals surface area contributed by atoms with Gasteiger partial charge in [0.05, 0.1) is 0 Å². The minimum absolute atomic E-state index is 0.873. The number of rotatable bonds is 5. The van der Waals surface area contributed by atoms with Crippen LogP contribution in [-0.2, 0) is 0 Å². The zero-order valence-corrected chi connectivity index (χ0v) is 11.6. The van der Waals surface area contributed by atoms with Crippen molar-refractivity contribution >= 4 is 0 Å². The molecule has 0 spiro atoms. The van der Waals surface area contributed by atoms with Crippen molar-refractivity contribution < 1.29 is 0 Å². The minimum Gasteiger partial charge on any atom is -0.297 e. The predicted octanol–water partition coefficient (Wildman–Crippen LogP) is 4.47. The first kappa shape index (κ1) is 15.0. The van der Waals surface area contributed by atoms with E-state index in [1.807, 2.05) is 13.8 Å². The molecule has 1 aliphatic heterocycles. The molecule has 0 aromatic heterocycles. The van der Waals surface area contributed by atoms with Crippen molar-refractivity contribution in [2.75, 3.05) is 6.54 Å². The second kappa shape index (κ2) is 9.21. The molecule has 15 heavy (non-hydrogen) atoms. The first-order valence-electron chi connectivity index (χ1n) is 7.09. The van der Waals surface area contributed by atoms with Crippen molar-refractivity contribution in [3.05, 3.63) is 0 Å². The van der Waals surface area contributed by atoms with Gasteiger partial charge in [0.2, 0.25) is 0 Å². The Morgan fingerprint density at radius 3 is 2.33 bits per heavy atom. The smallest absolute Gasteiger partial charge is 0.00960 e. The average Bonchev–Trinajstić information content (AvgIpc) is 2.76. The Labute approximate surface area is 97.2 Å². The van der Waals surface area contributed by atoms with Gasteiger partial charge in [0.15, 0.2) is 0 Å². The largest absolute Gasteiger partial charge is 0.297 e. The van der Waals surface area contributed by atoms with E-state index in [4.69, 9.17) is 0 Å². The van der Waals surface area contributed by atoms with Gasteiger partial charge in [-0.15, -0.1) is 0 Å². The highest BCUT2D eigenvalue weighted by Crippen LogP contribution is 2.25. The van der Waals surface area contributed by atoms with Gasteiger partial charge in [-0.2, -0.15) is 0 Å². The summed E-state index contributed by atoms with van der Waals surface area (Å²) in [6.45, 7) is 12.3. The highest BCUT2D eigenvalue weighted by Gasteiger charge is 2.27. The Balaban J connectivity index is 0.000000921. The molecule has 1 fully saturated rings. The average molecular weight is 213 g/mol. The van der Waals surface area contributed by atoms with Gasteiger partial charge in [-0.1, -0.05) is 41.0 Å². The fraction of sp³-hybridized carbons (Fsp3) is 1.00. The fourth-order valence-corrected chi connectivity index (χ4v) is 2.71. The van der Waals surface area contributed by atoms with Crippen LogP contribution < -0.4 is 0 Å². The molecule has 0 aromatic carbocycles. The van der Waals surface area contributed by atoms with Crippen LogP contribution in [0.4, 0.5) is 0 Å². The van der Waals surface area contributed by atoms with Crippen LogP contribution in [0.1, 0.15) is 73.1 Å². The van der Waals surface area contributed by atoms with Crippen LogP contribution >= 0.6 is 0 Å². The van der Waals surface area contributed by atoms with Crippen LogP contribution in [0.25, 0.3) is 0 Å². The maximum absolute atomic E-state index is 2.77. The molecule has 0 aliphatic carbocycles. The summed E-state index contributed by atoms with van der Waals surface area (Å²) in [5, 5.41) is 0. The van der Waals surface area contributed by atoms with Crippen LogP contribution in [0.5, 0.6) is 0 Å². The molecular formula is C14H31N. The Morgan fingerprint density at radius 2 is 1.87 bits per heavy atom. The monoisotopic (exact) mass is 213 g/mol. The topological polar surface area (TPSA) is 3.24 Å². The van der Waals surface area contributed by atoms with E-state index in [9.17, 15) is 0 Å². The van der Waals surface area contributed by atoms with Gasteiger partial charge >= 0.3 is 0 Å². The second-order valence-corrected chi connectivity index (χ2v) is 4.29. The fourth-order valence-electron chi connectivity index (χ4n) is 2.71. The standard InChI is InChI=1S/C12H25N.C2H6/c1-4-8-11(5-2)13-10-7-9-12(13)6-3;1-2/h11-12H,4-10H2,1-3H3;1-2H3. The summed E-state index contributed by atoms with van der Waals surface area (Å²) >= 11 is 0. The lowest BCUT2D eigenvalue weighted by Gasteiger charge is -2.31. The lowest BCUT2D eigenvalue weighted by Crippen LogP contribution is -2.38. The van der Waals surface area contributed by atoms with E-state index >= 15 is 0 Å². The minimum atomic E-state index is 0.873. The first-order chi connectivity index (χ1) is 7.33. The maximum atomic E-state index is 2.77.